The first kappa shape index (κ1) is 7.94. The van der Waals surface area contributed by atoms with Crippen LogP contribution in [0.3, 0.4) is 0 Å². The van der Waals surface area contributed by atoms with Crippen LogP contribution in [0.25, 0.3) is 0 Å². The number of aryl methyl sites for hydroxylation is 1. The third-order valence-electron chi connectivity index (χ3n) is 2.29. The molecule has 1 aliphatic rings. The molecule has 0 amide bonds. The third-order valence-corrected chi connectivity index (χ3v) is 2.65. The van der Waals surface area contributed by atoms with Crippen molar-refractivity contribution in [3.63, 3.8) is 0 Å². The molecular formula is C7H11N3OS. The van der Waals surface area contributed by atoms with E-state index in [9.17, 15) is 0 Å². The van der Waals surface area contributed by atoms with Crippen LogP contribution in [0.15, 0.2) is 0 Å². The minimum atomic E-state index is -0.140. The van der Waals surface area contributed by atoms with Crippen molar-refractivity contribution >= 4 is 12.2 Å². The number of hydrogen-bond acceptors (Lipinski definition) is 3. The first-order chi connectivity index (χ1) is 5.66. The average Bonchev–Trinajstić information content (AvgIpc) is 2.26. The Morgan fingerprint density at radius 3 is 2.75 bits per heavy atom. The number of nitrogens with one attached hydrogen (secondary N) is 1. The number of rotatable bonds is 1. The Morgan fingerprint density at radius 2 is 2.33 bits per heavy atom. The van der Waals surface area contributed by atoms with E-state index < -0.39 is 0 Å². The Labute approximate surface area is 75.2 Å². The third kappa shape index (κ3) is 1.19. The number of hydrogen-bond donors (Lipinski definition) is 2. The molecule has 1 fully saturated rings. The number of aromatic nitrogens is 3. The summed E-state index contributed by atoms with van der Waals surface area (Å²) in [5, 5.41) is 12.1. The van der Waals surface area contributed by atoms with E-state index in [-0.39, 0.29) is 6.10 Å². The molecule has 0 aliphatic heterocycles. The molecule has 0 atom stereocenters. The number of H-pyrrole nitrogens is 1. The quantitative estimate of drug-likeness (QED) is 0.634. The van der Waals surface area contributed by atoms with Crippen LogP contribution in [0.4, 0.5) is 0 Å². The van der Waals surface area contributed by atoms with Gasteiger partial charge in [-0.1, -0.05) is 0 Å². The van der Waals surface area contributed by atoms with Gasteiger partial charge in [0.2, 0.25) is 4.77 Å². The largest absolute Gasteiger partial charge is 0.393 e. The lowest BCUT2D eigenvalue weighted by Gasteiger charge is -2.29. The van der Waals surface area contributed by atoms with E-state index in [1.54, 1.807) is 4.68 Å². The molecular weight excluding hydrogens is 174 g/mol. The molecule has 0 aromatic carbocycles. The van der Waals surface area contributed by atoms with Crippen LogP contribution < -0.4 is 0 Å². The number of aliphatic hydroxyl groups excluding tert-OH is 1. The molecule has 0 spiro atoms. The average molecular weight is 185 g/mol. The predicted molar refractivity (Wildman–Crippen MR) is 46.4 cm³/mol. The number of aromatic amines is 1. The van der Waals surface area contributed by atoms with E-state index in [4.69, 9.17) is 17.3 Å². The molecule has 12 heavy (non-hydrogen) atoms. The molecule has 5 heteroatoms. The highest BCUT2D eigenvalue weighted by molar-refractivity contribution is 7.71. The smallest absolute Gasteiger partial charge is 0.215 e. The maximum Gasteiger partial charge on any atom is 0.215 e. The topological polar surface area (TPSA) is 53.8 Å². The summed E-state index contributed by atoms with van der Waals surface area (Å²) in [6.45, 7) is 0. The maximum absolute atomic E-state index is 9.08. The number of nitrogens with zero attached hydrogens (tertiary/aromatic N) is 2. The van der Waals surface area contributed by atoms with Gasteiger partial charge in [-0.15, -0.1) is 0 Å². The highest BCUT2D eigenvalue weighted by Gasteiger charge is 2.30. The summed E-state index contributed by atoms with van der Waals surface area (Å²) < 4.78 is 2.29. The van der Waals surface area contributed by atoms with Gasteiger partial charge in [0, 0.05) is 13.0 Å². The lowest BCUT2D eigenvalue weighted by molar-refractivity contribution is 0.0716. The minimum absolute atomic E-state index is 0.140. The Hall–Kier alpha value is -0.680. The highest BCUT2D eigenvalue weighted by atomic mass is 32.1. The lowest BCUT2D eigenvalue weighted by atomic mass is 9.82. The molecule has 0 radical (unpaired) electrons. The zero-order valence-corrected chi connectivity index (χ0v) is 7.64. The van der Waals surface area contributed by atoms with Crippen LogP contribution in [0, 0.1) is 4.77 Å². The van der Waals surface area contributed by atoms with E-state index >= 15 is 0 Å². The van der Waals surface area contributed by atoms with Crippen molar-refractivity contribution in [1.29, 1.82) is 0 Å². The zero-order chi connectivity index (χ0) is 8.72. The molecule has 0 unspecified atom stereocenters. The Morgan fingerprint density at radius 1 is 1.67 bits per heavy atom. The second-order valence-corrected chi connectivity index (χ2v) is 3.64. The fourth-order valence-corrected chi connectivity index (χ4v) is 1.56. The van der Waals surface area contributed by atoms with Crippen molar-refractivity contribution in [2.75, 3.05) is 0 Å². The van der Waals surface area contributed by atoms with Crippen LogP contribution in [0.2, 0.25) is 0 Å². The van der Waals surface area contributed by atoms with E-state index in [1.807, 2.05) is 7.05 Å². The monoisotopic (exact) mass is 185 g/mol. The minimum Gasteiger partial charge on any atom is -0.393 e. The van der Waals surface area contributed by atoms with Gasteiger partial charge in [0.1, 0.15) is 5.82 Å². The van der Waals surface area contributed by atoms with Crippen molar-refractivity contribution in [1.82, 2.24) is 14.8 Å². The van der Waals surface area contributed by atoms with Gasteiger partial charge in [-0.05, 0) is 25.1 Å². The van der Waals surface area contributed by atoms with Gasteiger partial charge in [0.05, 0.1) is 6.10 Å². The van der Waals surface area contributed by atoms with Crippen LogP contribution in [-0.4, -0.2) is 26.0 Å². The first-order valence-corrected chi connectivity index (χ1v) is 4.38. The van der Waals surface area contributed by atoms with Gasteiger partial charge in [-0.3, -0.25) is 9.78 Å². The van der Waals surface area contributed by atoms with Crippen molar-refractivity contribution < 1.29 is 5.11 Å². The maximum atomic E-state index is 9.08. The van der Waals surface area contributed by atoms with Gasteiger partial charge < -0.3 is 5.11 Å². The highest BCUT2D eigenvalue weighted by Crippen LogP contribution is 2.34. The van der Waals surface area contributed by atoms with E-state index in [0.717, 1.165) is 18.7 Å². The fourth-order valence-electron chi connectivity index (χ4n) is 1.42. The molecule has 1 heterocycles. The fraction of sp³-hybridized carbons (Fsp3) is 0.714. The van der Waals surface area contributed by atoms with E-state index in [1.165, 1.54) is 0 Å². The molecule has 2 N–H and O–H groups in total. The number of aliphatic hydroxyl groups is 1. The SMILES string of the molecule is Cn1[nH]c(C2CC(O)C2)nc1=S. The molecule has 1 aromatic rings. The van der Waals surface area contributed by atoms with Crippen LogP contribution >= 0.6 is 12.2 Å². The molecule has 4 nitrogen and oxygen atoms in total. The summed E-state index contributed by atoms with van der Waals surface area (Å²) in [6.07, 6.45) is 1.48. The summed E-state index contributed by atoms with van der Waals surface area (Å²) in [5.74, 6) is 1.29. The van der Waals surface area contributed by atoms with Crippen LogP contribution in [0.1, 0.15) is 24.6 Å². The van der Waals surface area contributed by atoms with Crippen LogP contribution in [-0.2, 0) is 7.05 Å². The van der Waals surface area contributed by atoms with Gasteiger partial charge in [0.15, 0.2) is 0 Å². The molecule has 66 valence electrons. The van der Waals surface area contributed by atoms with Gasteiger partial charge in [-0.25, -0.2) is 4.98 Å². The zero-order valence-electron chi connectivity index (χ0n) is 6.82. The van der Waals surface area contributed by atoms with Crippen molar-refractivity contribution in [2.45, 2.75) is 24.9 Å². The predicted octanol–water partition coefficient (Wildman–Crippen LogP) is 0.716. The Balaban J connectivity index is 2.19. The van der Waals surface area contributed by atoms with E-state index in [0.29, 0.717) is 10.7 Å². The van der Waals surface area contributed by atoms with Crippen LogP contribution in [0.5, 0.6) is 0 Å². The molecule has 1 aromatic heterocycles. The second-order valence-electron chi connectivity index (χ2n) is 3.27. The Bertz CT molecular complexity index is 337. The summed E-state index contributed by atoms with van der Waals surface area (Å²) in [6, 6.07) is 0. The van der Waals surface area contributed by atoms with Crippen molar-refractivity contribution in [3.8, 4) is 0 Å². The Kier molecular flexibility index (Phi) is 1.77. The van der Waals surface area contributed by atoms with Gasteiger partial charge in [-0.2, -0.15) is 0 Å². The van der Waals surface area contributed by atoms with E-state index in [2.05, 4.69) is 10.1 Å². The standard InChI is InChI=1S/C7H11N3OS/c1-10-7(12)8-6(9-10)4-2-5(11)3-4/h4-5,11H,2-3H2,1H3,(H,8,9,12). The molecule has 0 bridgehead atoms. The molecule has 1 aliphatic carbocycles. The summed E-state index contributed by atoms with van der Waals surface area (Å²) in [7, 11) is 1.84. The second kappa shape index (κ2) is 2.67. The summed E-state index contributed by atoms with van der Waals surface area (Å²) in [4.78, 5) is 4.18. The lowest BCUT2D eigenvalue weighted by Crippen LogP contribution is -2.27. The summed E-state index contributed by atoms with van der Waals surface area (Å²) >= 11 is 4.95. The first-order valence-electron chi connectivity index (χ1n) is 3.98. The molecule has 2 rings (SSSR count). The van der Waals surface area contributed by atoms with Gasteiger partial charge in [0.25, 0.3) is 0 Å². The molecule has 0 saturated heterocycles. The normalized spacial score (nSPS) is 28.5. The van der Waals surface area contributed by atoms with Crippen molar-refractivity contribution in [2.24, 2.45) is 7.05 Å². The molecule has 1 saturated carbocycles. The van der Waals surface area contributed by atoms with Crippen molar-refractivity contribution in [3.05, 3.63) is 10.6 Å². The summed E-state index contributed by atoms with van der Waals surface area (Å²) in [5.41, 5.74) is 0. The van der Waals surface area contributed by atoms with Gasteiger partial charge >= 0.3 is 0 Å².